The van der Waals surface area contributed by atoms with Gasteiger partial charge in [-0.1, -0.05) is 45.1 Å². The lowest BCUT2D eigenvalue weighted by atomic mass is 10.0. The van der Waals surface area contributed by atoms with Crippen LogP contribution in [0.3, 0.4) is 0 Å². The molecule has 0 unspecified atom stereocenters. The zero-order valence-electron chi connectivity index (χ0n) is 13.6. The lowest BCUT2D eigenvalue weighted by Crippen LogP contribution is -2.27. The fourth-order valence-electron chi connectivity index (χ4n) is 2.78. The van der Waals surface area contributed by atoms with Crippen LogP contribution < -0.4 is 0 Å². The van der Waals surface area contributed by atoms with Gasteiger partial charge in [0.2, 0.25) is 0 Å². The molecule has 23 heavy (non-hydrogen) atoms. The Hall–Kier alpha value is -1.46. The zero-order chi connectivity index (χ0) is 16.7. The molecule has 0 bridgehead atoms. The van der Waals surface area contributed by atoms with Gasteiger partial charge in [0.05, 0.1) is 18.8 Å². The lowest BCUT2D eigenvalue weighted by Gasteiger charge is -2.29. The van der Waals surface area contributed by atoms with E-state index in [9.17, 15) is 9.18 Å². The van der Waals surface area contributed by atoms with Crippen molar-refractivity contribution in [2.45, 2.75) is 51.7 Å². The molecular formula is C18H25FO4. The standard InChI is InChI=1S/C18H25FO4/c1-2-3-4-5-6-7-13-11-22-18(23-12-13)15-9-8-14(17(20)21)10-16(15)19/h8-10,13,18H,2-7,11-12H2,1H3,(H,20,21). The largest absolute Gasteiger partial charge is 0.478 e. The molecule has 1 heterocycles. The van der Waals surface area contributed by atoms with Gasteiger partial charge >= 0.3 is 5.97 Å². The Kier molecular flexibility index (Phi) is 6.99. The predicted octanol–water partition coefficient (Wildman–Crippen LogP) is 4.55. The Balaban J connectivity index is 1.79. The quantitative estimate of drug-likeness (QED) is 0.713. The van der Waals surface area contributed by atoms with Gasteiger partial charge in [-0.3, -0.25) is 0 Å². The maximum absolute atomic E-state index is 14.0. The van der Waals surface area contributed by atoms with Crippen LogP contribution in [0.4, 0.5) is 4.39 Å². The van der Waals surface area contributed by atoms with Gasteiger partial charge in [0.1, 0.15) is 5.82 Å². The van der Waals surface area contributed by atoms with Crippen LogP contribution in [-0.2, 0) is 9.47 Å². The minimum absolute atomic E-state index is 0.0768. The van der Waals surface area contributed by atoms with Gasteiger partial charge in [-0.25, -0.2) is 9.18 Å². The van der Waals surface area contributed by atoms with Gasteiger partial charge in [0.15, 0.2) is 6.29 Å². The highest BCUT2D eigenvalue weighted by Crippen LogP contribution is 2.29. The van der Waals surface area contributed by atoms with E-state index in [1.807, 2.05) is 0 Å². The van der Waals surface area contributed by atoms with Crippen molar-refractivity contribution in [3.05, 3.63) is 35.1 Å². The average Bonchev–Trinajstić information content (AvgIpc) is 2.55. The van der Waals surface area contributed by atoms with E-state index in [0.717, 1.165) is 12.5 Å². The van der Waals surface area contributed by atoms with Gasteiger partial charge in [0.25, 0.3) is 0 Å². The summed E-state index contributed by atoms with van der Waals surface area (Å²) in [6, 6.07) is 3.80. The SMILES string of the molecule is CCCCCCCC1COC(c2ccc(C(=O)O)cc2F)OC1. The third-order valence-electron chi connectivity index (χ3n) is 4.18. The van der Waals surface area contributed by atoms with Gasteiger partial charge in [-0.05, 0) is 18.6 Å². The second-order valence-corrected chi connectivity index (χ2v) is 6.11. The monoisotopic (exact) mass is 324 g/mol. The molecule has 1 aliphatic heterocycles. The smallest absolute Gasteiger partial charge is 0.335 e. The Morgan fingerprint density at radius 2 is 1.91 bits per heavy atom. The maximum Gasteiger partial charge on any atom is 0.335 e. The zero-order valence-corrected chi connectivity index (χ0v) is 13.6. The van der Waals surface area contributed by atoms with Crippen LogP contribution >= 0.6 is 0 Å². The number of unbranched alkanes of at least 4 members (excludes halogenated alkanes) is 4. The van der Waals surface area contributed by atoms with Crippen molar-refractivity contribution in [3.63, 3.8) is 0 Å². The molecule has 1 fully saturated rings. The van der Waals surface area contributed by atoms with Crippen LogP contribution in [0.1, 0.15) is 67.7 Å². The molecule has 0 spiro atoms. The van der Waals surface area contributed by atoms with Crippen molar-refractivity contribution in [2.75, 3.05) is 13.2 Å². The molecule has 4 nitrogen and oxygen atoms in total. The molecule has 0 aromatic heterocycles. The summed E-state index contributed by atoms with van der Waals surface area (Å²) in [5.41, 5.74) is 0.184. The van der Waals surface area contributed by atoms with Crippen molar-refractivity contribution in [3.8, 4) is 0 Å². The number of hydrogen-bond acceptors (Lipinski definition) is 3. The topological polar surface area (TPSA) is 55.8 Å². The first kappa shape index (κ1) is 17.9. The van der Waals surface area contributed by atoms with Gasteiger partial charge in [-0.2, -0.15) is 0 Å². The number of carboxylic acids is 1. The summed E-state index contributed by atoms with van der Waals surface area (Å²) in [5.74, 6) is -1.40. The molecule has 1 aromatic carbocycles. The molecule has 0 aliphatic carbocycles. The Bertz CT molecular complexity index is 510. The van der Waals surface area contributed by atoms with Crippen LogP contribution in [0.25, 0.3) is 0 Å². The van der Waals surface area contributed by atoms with Crippen molar-refractivity contribution in [2.24, 2.45) is 5.92 Å². The maximum atomic E-state index is 14.0. The average molecular weight is 324 g/mol. The van der Waals surface area contributed by atoms with E-state index in [1.165, 1.54) is 44.2 Å². The normalized spacial score (nSPS) is 21.3. The molecular weight excluding hydrogens is 299 g/mol. The summed E-state index contributed by atoms with van der Waals surface area (Å²) in [6.45, 7) is 3.31. The summed E-state index contributed by atoms with van der Waals surface area (Å²) in [4.78, 5) is 10.8. The third-order valence-corrected chi connectivity index (χ3v) is 4.18. The number of hydrogen-bond donors (Lipinski definition) is 1. The van der Waals surface area contributed by atoms with E-state index < -0.39 is 18.1 Å². The molecule has 0 atom stereocenters. The summed E-state index contributed by atoms with van der Waals surface area (Å²) in [7, 11) is 0. The van der Waals surface area contributed by atoms with Crippen molar-refractivity contribution in [1.29, 1.82) is 0 Å². The van der Waals surface area contributed by atoms with E-state index in [4.69, 9.17) is 14.6 Å². The van der Waals surface area contributed by atoms with Crippen molar-refractivity contribution in [1.82, 2.24) is 0 Å². The number of aromatic carboxylic acids is 1. The van der Waals surface area contributed by atoms with Crippen LogP contribution in [0.15, 0.2) is 18.2 Å². The minimum Gasteiger partial charge on any atom is -0.478 e. The first-order valence-corrected chi connectivity index (χ1v) is 8.37. The highest BCUT2D eigenvalue weighted by atomic mass is 19.1. The molecule has 1 aliphatic rings. The van der Waals surface area contributed by atoms with Crippen LogP contribution in [0.5, 0.6) is 0 Å². The highest BCUT2D eigenvalue weighted by molar-refractivity contribution is 5.87. The summed E-state index contributed by atoms with van der Waals surface area (Å²) in [6.07, 6.45) is 6.53. The first-order chi connectivity index (χ1) is 11.1. The number of carboxylic acid groups (broad SMARTS) is 1. The van der Waals surface area contributed by atoms with E-state index in [0.29, 0.717) is 19.1 Å². The summed E-state index contributed by atoms with van der Waals surface area (Å²) in [5, 5.41) is 8.85. The van der Waals surface area contributed by atoms with Crippen molar-refractivity contribution < 1.29 is 23.8 Å². The number of rotatable bonds is 8. The molecule has 1 saturated heterocycles. The van der Waals surface area contributed by atoms with Crippen LogP contribution in [0, 0.1) is 11.7 Å². The Labute approximate surface area is 136 Å². The number of ether oxygens (including phenoxy) is 2. The van der Waals surface area contributed by atoms with Gasteiger partial charge in [-0.15, -0.1) is 0 Å². The van der Waals surface area contributed by atoms with Gasteiger partial charge < -0.3 is 14.6 Å². The summed E-state index contributed by atoms with van der Waals surface area (Å²) >= 11 is 0. The molecule has 0 amide bonds. The predicted molar refractivity (Wildman–Crippen MR) is 84.9 cm³/mol. The van der Waals surface area contributed by atoms with Crippen molar-refractivity contribution >= 4 is 5.97 Å². The Morgan fingerprint density at radius 1 is 1.22 bits per heavy atom. The van der Waals surface area contributed by atoms with E-state index in [1.54, 1.807) is 0 Å². The third kappa shape index (κ3) is 5.29. The minimum atomic E-state index is -1.15. The molecule has 128 valence electrons. The number of carbonyl (C=O) groups is 1. The molecule has 0 saturated carbocycles. The molecule has 0 radical (unpaired) electrons. The fraction of sp³-hybridized carbons (Fsp3) is 0.611. The Morgan fingerprint density at radius 3 is 2.52 bits per heavy atom. The van der Waals surface area contributed by atoms with E-state index in [2.05, 4.69) is 6.92 Å². The highest BCUT2D eigenvalue weighted by Gasteiger charge is 2.25. The number of halogens is 1. The second-order valence-electron chi connectivity index (χ2n) is 6.11. The molecule has 1 N–H and O–H groups in total. The first-order valence-electron chi connectivity index (χ1n) is 8.37. The fourth-order valence-corrected chi connectivity index (χ4v) is 2.78. The van der Waals surface area contributed by atoms with Gasteiger partial charge in [0, 0.05) is 11.5 Å². The lowest BCUT2D eigenvalue weighted by molar-refractivity contribution is -0.207. The molecule has 1 aromatic rings. The van der Waals surface area contributed by atoms with Crippen LogP contribution in [-0.4, -0.2) is 24.3 Å². The summed E-state index contributed by atoms with van der Waals surface area (Å²) < 4.78 is 25.2. The van der Waals surface area contributed by atoms with Crippen LogP contribution in [0.2, 0.25) is 0 Å². The van der Waals surface area contributed by atoms with E-state index >= 15 is 0 Å². The molecule has 5 heteroatoms. The molecule has 2 rings (SSSR count). The number of benzene rings is 1. The van der Waals surface area contributed by atoms with E-state index in [-0.39, 0.29) is 11.1 Å². The second kappa shape index (κ2) is 8.99.